The second-order valence-corrected chi connectivity index (χ2v) is 7.83. The van der Waals surface area contributed by atoms with Gasteiger partial charge in [0, 0.05) is 44.2 Å². The van der Waals surface area contributed by atoms with E-state index in [0.717, 1.165) is 57.6 Å². The lowest BCUT2D eigenvalue weighted by Gasteiger charge is -2.37. The maximum absolute atomic E-state index is 12.0. The van der Waals surface area contributed by atoms with Gasteiger partial charge in [-0.25, -0.2) is 0 Å². The van der Waals surface area contributed by atoms with Gasteiger partial charge in [-0.2, -0.15) is 0 Å². The Morgan fingerprint density at radius 2 is 1.72 bits per heavy atom. The molecule has 2 aliphatic heterocycles. The highest BCUT2D eigenvalue weighted by Crippen LogP contribution is 2.29. The molecule has 0 unspecified atom stereocenters. The predicted octanol–water partition coefficient (Wildman–Crippen LogP) is 3.59. The molecule has 2 saturated heterocycles. The fourth-order valence-corrected chi connectivity index (χ4v) is 4.62. The summed E-state index contributed by atoms with van der Waals surface area (Å²) in [6.45, 7) is 4.09. The fourth-order valence-electron chi connectivity index (χ4n) is 4.62. The number of hydrogen-bond donors (Lipinski definition) is 0. The largest absolute Gasteiger partial charge is 0.490 e. The van der Waals surface area contributed by atoms with Crippen LogP contribution >= 0.6 is 0 Å². The summed E-state index contributed by atoms with van der Waals surface area (Å²) in [6.07, 6.45) is 9.43. The van der Waals surface area contributed by atoms with Crippen molar-refractivity contribution in [2.45, 2.75) is 70.1 Å². The topological polar surface area (TPSA) is 32.8 Å². The Morgan fingerprint density at radius 3 is 2.44 bits per heavy atom. The lowest BCUT2D eigenvalue weighted by molar-refractivity contribution is -0.130. The van der Waals surface area contributed by atoms with Gasteiger partial charge in [-0.1, -0.05) is 18.2 Å². The minimum Gasteiger partial charge on any atom is -0.490 e. The number of benzene rings is 1. The smallest absolute Gasteiger partial charge is 0.222 e. The number of rotatable bonds is 5. The van der Waals surface area contributed by atoms with Crippen molar-refractivity contribution in [1.29, 1.82) is 0 Å². The summed E-state index contributed by atoms with van der Waals surface area (Å²) in [4.78, 5) is 16.6. The van der Waals surface area contributed by atoms with Crippen LogP contribution in [0.1, 0.15) is 56.9 Å². The van der Waals surface area contributed by atoms with E-state index in [9.17, 15) is 4.79 Å². The number of piperidine rings is 1. The van der Waals surface area contributed by atoms with Gasteiger partial charge < -0.3 is 9.64 Å². The highest BCUT2D eigenvalue weighted by molar-refractivity contribution is 5.78. The molecule has 4 rings (SSSR count). The number of carbonyl (C=O) groups excluding carboxylic acids is 1. The summed E-state index contributed by atoms with van der Waals surface area (Å²) in [7, 11) is 0. The normalized spacial score (nSPS) is 23.5. The second-order valence-electron chi connectivity index (χ2n) is 7.83. The standard InChI is InChI=1S/C21H30N2O2/c24-21-10-5-13-23(21)18-11-14-22(15-12-18)16-17-6-1-4-9-20(17)25-19-7-2-3-8-19/h1,4,6,9,18-19H,2-3,5,7-8,10-16H2. The molecule has 136 valence electrons. The van der Waals surface area contributed by atoms with Crippen LogP contribution in [0.3, 0.4) is 0 Å². The Labute approximate surface area is 151 Å². The van der Waals surface area contributed by atoms with Gasteiger partial charge >= 0.3 is 0 Å². The van der Waals surface area contributed by atoms with Crippen molar-refractivity contribution in [3.63, 3.8) is 0 Å². The van der Waals surface area contributed by atoms with Crippen LogP contribution in [0.15, 0.2) is 24.3 Å². The number of likely N-dealkylation sites (tertiary alicyclic amines) is 2. The summed E-state index contributed by atoms with van der Waals surface area (Å²) in [5, 5.41) is 0. The average Bonchev–Trinajstić information content (AvgIpc) is 3.29. The third-order valence-electron chi connectivity index (χ3n) is 6.07. The van der Waals surface area contributed by atoms with E-state index in [2.05, 4.69) is 34.1 Å². The van der Waals surface area contributed by atoms with Gasteiger partial charge in [-0.05, 0) is 51.0 Å². The van der Waals surface area contributed by atoms with Crippen LogP contribution in [0.5, 0.6) is 5.75 Å². The van der Waals surface area contributed by atoms with Crippen molar-refractivity contribution in [2.75, 3.05) is 19.6 Å². The summed E-state index contributed by atoms with van der Waals surface area (Å²) >= 11 is 0. The Balaban J connectivity index is 1.33. The Morgan fingerprint density at radius 1 is 0.960 bits per heavy atom. The number of hydrogen-bond acceptors (Lipinski definition) is 3. The van der Waals surface area contributed by atoms with Gasteiger partial charge in [0.25, 0.3) is 0 Å². The first-order valence-corrected chi connectivity index (χ1v) is 10.1. The zero-order valence-electron chi connectivity index (χ0n) is 15.2. The molecule has 0 atom stereocenters. The van der Waals surface area contributed by atoms with E-state index in [-0.39, 0.29) is 0 Å². The Bertz CT molecular complexity index is 589. The van der Waals surface area contributed by atoms with Crippen molar-refractivity contribution < 1.29 is 9.53 Å². The molecule has 25 heavy (non-hydrogen) atoms. The number of carbonyl (C=O) groups is 1. The number of amides is 1. The maximum Gasteiger partial charge on any atom is 0.222 e. The highest BCUT2D eigenvalue weighted by atomic mass is 16.5. The monoisotopic (exact) mass is 342 g/mol. The van der Waals surface area contributed by atoms with Crippen molar-refractivity contribution in [3.8, 4) is 5.75 Å². The molecule has 1 aromatic rings. The molecular formula is C21H30N2O2. The van der Waals surface area contributed by atoms with E-state index < -0.39 is 0 Å². The molecule has 1 aromatic carbocycles. The molecule has 1 amide bonds. The molecule has 0 radical (unpaired) electrons. The Kier molecular flexibility index (Phi) is 5.25. The minimum atomic E-state index is 0.369. The third kappa shape index (κ3) is 4.00. The molecule has 3 fully saturated rings. The number of ether oxygens (including phenoxy) is 1. The molecule has 4 heteroatoms. The lowest BCUT2D eigenvalue weighted by atomic mass is 10.0. The molecule has 0 aromatic heterocycles. The summed E-state index contributed by atoms with van der Waals surface area (Å²) in [5.41, 5.74) is 1.31. The van der Waals surface area contributed by atoms with Crippen LogP contribution < -0.4 is 4.74 Å². The van der Waals surface area contributed by atoms with Crippen molar-refractivity contribution in [3.05, 3.63) is 29.8 Å². The van der Waals surface area contributed by atoms with E-state index in [4.69, 9.17) is 4.74 Å². The van der Waals surface area contributed by atoms with Crippen molar-refractivity contribution in [2.24, 2.45) is 0 Å². The molecular weight excluding hydrogens is 312 g/mol. The number of nitrogens with zero attached hydrogens (tertiary/aromatic N) is 2. The van der Waals surface area contributed by atoms with Gasteiger partial charge in [0.05, 0.1) is 6.10 Å². The van der Waals surface area contributed by atoms with Crippen LogP contribution in [0, 0.1) is 0 Å². The van der Waals surface area contributed by atoms with Crippen LogP contribution in [-0.4, -0.2) is 47.5 Å². The van der Waals surface area contributed by atoms with Crippen LogP contribution in [0.2, 0.25) is 0 Å². The van der Waals surface area contributed by atoms with Gasteiger partial charge in [-0.3, -0.25) is 9.69 Å². The molecule has 1 aliphatic carbocycles. The zero-order chi connectivity index (χ0) is 17.1. The summed E-state index contributed by atoms with van der Waals surface area (Å²) in [6, 6.07) is 9.01. The quantitative estimate of drug-likeness (QED) is 0.820. The summed E-state index contributed by atoms with van der Waals surface area (Å²) in [5.74, 6) is 1.44. The van der Waals surface area contributed by atoms with Gasteiger partial charge in [0.15, 0.2) is 0 Å². The van der Waals surface area contributed by atoms with E-state index in [1.165, 1.54) is 31.2 Å². The van der Waals surface area contributed by atoms with E-state index in [1.54, 1.807) is 0 Å². The molecule has 1 saturated carbocycles. The van der Waals surface area contributed by atoms with Crippen LogP contribution in [0.25, 0.3) is 0 Å². The van der Waals surface area contributed by atoms with E-state index in [0.29, 0.717) is 18.1 Å². The van der Waals surface area contributed by atoms with E-state index >= 15 is 0 Å². The molecule has 0 spiro atoms. The van der Waals surface area contributed by atoms with Gasteiger partial charge in [-0.15, -0.1) is 0 Å². The predicted molar refractivity (Wildman–Crippen MR) is 98.6 cm³/mol. The van der Waals surface area contributed by atoms with Crippen molar-refractivity contribution in [1.82, 2.24) is 9.80 Å². The number of para-hydroxylation sites is 1. The second kappa shape index (κ2) is 7.77. The minimum absolute atomic E-state index is 0.369. The zero-order valence-corrected chi connectivity index (χ0v) is 15.2. The van der Waals surface area contributed by atoms with Gasteiger partial charge in [0.2, 0.25) is 5.91 Å². The van der Waals surface area contributed by atoms with Crippen LogP contribution in [0.4, 0.5) is 0 Å². The lowest BCUT2D eigenvalue weighted by Crippen LogP contribution is -2.45. The first-order valence-electron chi connectivity index (χ1n) is 10.1. The van der Waals surface area contributed by atoms with Crippen molar-refractivity contribution >= 4 is 5.91 Å². The van der Waals surface area contributed by atoms with E-state index in [1.807, 2.05) is 0 Å². The molecule has 3 aliphatic rings. The molecule has 0 N–H and O–H groups in total. The molecule has 4 nitrogen and oxygen atoms in total. The molecule has 2 heterocycles. The fraction of sp³-hybridized carbons (Fsp3) is 0.667. The molecule has 0 bridgehead atoms. The first-order chi connectivity index (χ1) is 12.3. The third-order valence-corrected chi connectivity index (χ3v) is 6.07. The maximum atomic E-state index is 12.0. The summed E-state index contributed by atoms with van der Waals surface area (Å²) < 4.78 is 6.28. The van der Waals surface area contributed by atoms with Gasteiger partial charge in [0.1, 0.15) is 5.75 Å². The average molecular weight is 342 g/mol. The first kappa shape index (κ1) is 16.9. The Hall–Kier alpha value is -1.55. The van der Waals surface area contributed by atoms with Crippen LogP contribution in [-0.2, 0) is 11.3 Å². The SMILES string of the molecule is O=C1CCCN1C1CCN(Cc2ccccc2OC2CCCC2)CC1. The highest BCUT2D eigenvalue weighted by Gasteiger charge is 2.30.